The number of ether oxygens (including phenoxy) is 1. The lowest BCUT2D eigenvalue weighted by molar-refractivity contribution is -0.114. The third kappa shape index (κ3) is 3.42. The van der Waals surface area contributed by atoms with Crippen LogP contribution in [0.2, 0.25) is 0 Å². The predicted molar refractivity (Wildman–Crippen MR) is 65.8 cm³/mol. The van der Waals surface area contributed by atoms with Gasteiger partial charge < -0.3 is 10.1 Å². The average molecular weight is 219 g/mol. The molecule has 0 saturated carbocycles. The maximum absolute atomic E-state index is 11.1. The van der Waals surface area contributed by atoms with Crippen molar-refractivity contribution in [2.45, 2.75) is 20.3 Å². The van der Waals surface area contributed by atoms with Crippen molar-refractivity contribution in [2.75, 3.05) is 12.4 Å². The Kier molecular flexibility index (Phi) is 4.11. The van der Waals surface area contributed by atoms with Crippen LogP contribution in [-0.2, 0) is 11.2 Å². The summed E-state index contributed by atoms with van der Waals surface area (Å²) >= 11 is 0. The van der Waals surface area contributed by atoms with Crippen molar-refractivity contribution >= 4 is 11.6 Å². The smallest absolute Gasteiger partial charge is 0.221 e. The van der Waals surface area contributed by atoms with Gasteiger partial charge in [-0.2, -0.15) is 0 Å². The highest BCUT2D eigenvalue weighted by Crippen LogP contribution is 2.24. The molecule has 1 amide bonds. The van der Waals surface area contributed by atoms with Gasteiger partial charge in [0.05, 0.1) is 7.11 Å². The van der Waals surface area contributed by atoms with Crippen LogP contribution in [0.4, 0.5) is 5.69 Å². The van der Waals surface area contributed by atoms with E-state index in [-0.39, 0.29) is 5.91 Å². The van der Waals surface area contributed by atoms with Crippen LogP contribution >= 0.6 is 0 Å². The number of hydrogen-bond donors (Lipinski definition) is 1. The van der Waals surface area contributed by atoms with Crippen molar-refractivity contribution in [1.82, 2.24) is 0 Å². The van der Waals surface area contributed by atoms with Crippen molar-refractivity contribution in [3.8, 4) is 5.75 Å². The summed E-state index contributed by atoms with van der Waals surface area (Å²) in [6.45, 7) is 7.32. The molecule has 16 heavy (non-hydrogen) atoms. The number of allylic oxidation sites excluding steroid dienone is 1. The summed E-state index contributed by atoms with van der Waals surface area (Å²) in [6.07, 6.45) is 0.750. The van der Waals surface area contributed by atoms with Gasteiger partial charge in [-0.05, 0) is 25.0 Å². The Labute approximate surface area is 96.1 Å². The van der Waals surface area contributed by atoms with E-state index >= 15 is 0 Å². The minimum absolute atomic E-state index is 0.0868. The lowest BCUT2D eigenvalue weighted by Crippen LogP contribution is -2.08. The molecule has 0 radical (unpaired) electrons. The fourth-order valence-electron chi connectivity index (χ4n) is 1.47. The fourth-order valence-corrected chi connectivity index (χ4v) is 1.47. The molecule has 1 aromatic rings. The zero-order chi connectivity index (χ0) is 12.1. The summed E-state index contributed by atoms with van der Waals surface area (Å²) < 4.78 is 5.12. The van der Waals surface area contributed by atoms with Crippen molar-refractivity contribution in [2.24, 2.45) is 0 Å². The molecule has 0 saturated heterocycles. The molecule has 0 atom stereocenters. The number of amides is 1. The van der Waals surface area contributed by atoms with E-state index in [1.165, 1.54) is 6.92 Å². The molecule has 0 fully saturated rings. The Hall–Kier alpha value is -1.77. The molecule has 0 unspecified atom stereocenters. The number of methoxy groups -OCH3 is 1. The van der Waals surface area contributed by atoms with Crippen molar-refractivity contribution < 1.29 is 9.53 Å². The molecule has 1 rings (SSSR count). The first-order chi connectivity index (χ1) is 7.52. The topological polar surface area (TPSA) is 38.3 Å². The second-order valence-electron chi connectivity index (χ2n) is 3.84. The van der Waals surface area contributed by atoms with E-state index in [4.69, 9.17) is 4.74 Å². The molecule has 1 N–H and O–H groups in total. The van der Waals surface area contributed by atoms with Gasteiger partial charge in [0.2, 0.25) is 5.91 Å². The zero-order valence-electron chi connectivity index (χ0n) is 9.96. The van der Waals surface area contributed by atoms with Crippen LogP contribution in [0.25, 0.3) is 0 Å². The number of carbonyl (C=O) groups excluding carboxylic acids is 1. The van der Waals surface area contributed by atoms with Gasteiger partial charge in [-0.15, -0.1) is 0 Å². The molecule has 0 aliphatic carbocycles. The Balaban J connectivity index is 3.05. The maximum atomic E-state index is 11.1. The molecule has 0 aromatic heterocycles. The van der Waals surface area contributed by atoms with E-state index in [0.29, 0.717) is 0 Å². The highest BCUT2D eigenvalue weighted by molar-refractivity contribution is 5.89. The third-order valence-electron chi connectivity index (χ3n) is 2.12. The third-order valence-corrected chi connectivity index (χ3v) is 2.12. The lowest BCUT2D eigenvalue weighted by Gasteiger charge is -2.11. The van der Waals surface area contributed by atoms with Crippen molar-refractivity contribution in [3.05, 3.63) is 35.9 Å². The average Bonchev–Trinajstić information content (AvgIpc) is 2.19. The Bertz CT molecular complexity index is 410. The van der Waals surface area contributed by atoms with Crippen LogP contribution in [0.15, 0.2) is 30.4 Å². The molecule has 0 spiro atoms. The Morgan fingerprint density at radius 1 is 1.44 bits per heavy atom. The quantitative estimate of drug-likeness (QED) is 0.791. The predicted octanol–water partition coefficient (Wildman–Crippen LogP) is 2.77. The maximum Gasteiger partial charge on any atom is 0.221 e. The van der Waals surface area contributed by atoms with E-state index in [1.807, 2.05) is 25.1 Å². The van der Waals surface area contributed by atoms with E-state index in [1.54, 1.807) is 7.11 Å². The SMILES string of the molecule is C=C(C)Cc1ccc(OC)cc1NC(C)=O. The van der Waals surface area contributed by atoms with Crippen LogP contribution in [-0.4, -0.2) is 13.0 Å². The van der Waals surface area contributed by atoms with E-state index < -0.39 is 0 Å². The minimum Gasteiger partial charge on any atom is -0.497 e. The van der Waals surface area contributed by atoms with Crippen molar-refractivity contribution in [3.63, 3.8) is 0 Å². The number of anilines is 1. The van der Waals surface area contributed by atoms with Gasteiger partial charge in [0.25, 0.3) is 0 Å². The fraction of sp³-hybridized carbons (Fsp3) is 0.308. The first-order valence-electron chi connectivity index (χ1n) is 5.12. The molecule has 0 heterocycles. The van der Waals surface area contributed by atoms with Gasteiger partial charge in [-0.3, -0.25) is 4.79 Å². The highest BCUT2D eigenvalue weighted by atomic mass is 16.5. The molecule has 3 heteroatoms. The van der Waals surface area contributed by atoms with Gasteiger partial charge in [0.1, 0.15) is 5.75 Å². The number of nitrogens with one attached hydrogen (secondary N) is 1. The second-order valence-corrected chi connectivity index (χ2v) is 3.84. The summed E-state index contributed by atoms with van der Waals surface area (Å²) in [4.78, 5) is 11.1. The van der Waals surface area contributed by atoms with E-state index in [2.05, 4.69) is 11.9 Å². The monoisotopic (exact) mass is 219 g/mol. The Morgan fingerprint density at radius 3 is 2.62 bits per heavy atom. The first kappa shape index (κ1) is 12.3. The summed E-state index contributed by atoms with van der Waals surface area (Å²) in [7, 11) is 1.60. The van der Waals surface area contributed by atoms with Crippen LogP contribution in [0.5, 0.6) is 5.75 Å². The minimum atomic E-state index is -0.0868. The highest BCUT2D eigenvalue weighted by Gasteiger charge is 2.06. The molecule has 86 valence electrons. The number of carbonyl (C=O) groups is 1. The summed E-state index contributed by atoms with van der Waals surface area (Å²) in [5.41, 5.74) is 2.88. The molecular formula is C13H17NO2. The number of rotatable bonds is 4. The van der Waals surface area contributed by atoms with Gasteiger partial charge >= 0.3 is 0 Å². The van der Waals surface area contributed by atoms with Crippen molar-refractivity contribution in [1.29, 1.82) is 0 Å². The van der Waals surface area contributed by atoms with Crippen LogP contribution in [0, 0.1) is 0 Å². The van der Waals surface area contributed by atoms with E-state index in [0.717, 1.165) is 29.0 Å². The summed E-state index contributed by atoms with van der Waals surface area (Å²) in [5.74, 6) is 0.644. The summed E-state index contributed by atoms with van der Waals surface area (Å²) in [6, 6.07) is 5.64. The summed E-state index contributed by atoms with van der Waals surface area (Å²) in [5, 5.41) is 2.79. The van der Waals surface area contributed by atoms with Gasteiger partial charge in [-0.1, -0.05) is 18.2 Å². The standard InChI is InChI=1S/C13H17NO2/c1-9(2)7-11-5-6-12(16-4)8-13(11)14-10(3)15/h5-6,8H,1,7H2,2-4H3,(H,14,15). The molecular weight excluding hydrogens is 202 g/mol. The largest absolute Gasteiger partial charge is 0.497 e. The normalized spacial score (nSPS) is 9.69. The van der Waals surface area contributed by atoms with Gasteiger partial charge in [0, 0.05) is 18.7 Å². The molecule has 0 bridgehead atoms. The molecule has 0 aliphatic heterocycles. The second kappa shape index (κ2) is 5.35. The van der Waals surface area contributed by atoms with Crippen LogP contribution in [0.3, 0.4) is 0 Å². The van der Waals surface area contributed by atoms with E-state index in [9.17, 15) is 4.79 Å². The Morgan fingerprint density at radius 2 is 2.12 bits per heavy atom. The van der Waals surface area contributed by atoms with Gasteiger partial charge in [-0.25, -0.2) is 0 Å². The number of benzene rings is 1. The molecule has 1 aromatic carbocycles. The molecule has 0 aliphatic rings. The van der Waals surface area contributed by atoms with Crippen LogP contribution in [0.1, 0.15) is 19.4 Å². The molecule has 3 nitrogen and oxygen atoms in total. The number of hydrogen-bond acceptors (Lipinski definition) is 2. The van der Waals surface area contributed by atoms with Gasteiger partial charge in [0.15, 0.2) is 0 Å². The first-order valence-corrected chi connectivity index (χ1v) is 5.12. The zero-order valence-corrected chi connectivity index (χ0v) is 9.96. The van der Waals surface area contributed by atoms with Crippen LogP contribution < -0.4 is 10.1 Å². The lowest BCUT2D eigenvalue weighted by atomic mass is 10.1.